The van der Waals surface area contributed by atoms with Crippen LogP contribution in [0.5, 0.6) is 0 Å². The number of hydrogen-bond acceptors (Lipinski definition) is 2. The van der Waals surface area contributed by atoms with Crippen LogP contribution >= 0.6 is 39.9 Å². The zero-order valence-electron chi connectivity index (χ0n) is 13.4. The van der Waals surface area contributed by atoms with Crippen LogP contribution in [0, 0.1) is 0 Å². The molecule has 2 aromatic rings. The predicted octanol–water partition coefficient (Wildman–Crippen LogP) is 4.52. The van der Waals surface area contributed by atoms with Gasteiger partial charge in [-0.15, -0.1) is 24.0 Å². The van der Waals surface area contributed by atoms with E-state index in [1.807, 2.05) is 24.3 Å². The monoisotopic (exact) mass is 491 g/mol. The summed E-state index contributed by atoms with van der Waals surface area (Å²) in [5.41, 5.74) is 1.21. The van der Waals surface area contributed by atoms with E-state index < -0.39 is 0 Å². The average Bonchev–Trinajstić information content (AvgIpc) is 3.01. The molecule has 0 aliphatic heterocycles. The van der Waals surface area contributed by atoms with E-state index in [-0.39, 0.29) is 30.0 Å². The van der Waals surface area contributed by atoms with Crippen LogP contribution in [0.4, 0.5) is 0 Å². The zero-order valence-corrected chi connectivity index (χ0v) is 17.3. The van der Waals surface area contributed by atoms with Gasteiger partial charge in [0.15, 0.2) is 5.96 Å². The summed E-state index contributed by atoms with van der Waals surface area (Å²) in [6, 6.07) is 12.2. The fraction of sp³-hybridized carbons (Fsp3) is 0.353. The molecule has 126 valence electrons. The van der Waals surface area contributed by atoms with Crippen LogP contribution < -0.4 is 10.6 Å². The summed E-state index contributed by atoms with van der Waals surface area (Å²) in [7, 11) is 0. The van der Waals surface area contributed by atoms with Gasteiger partial charge in [-0.25, -0.2) is 0 Å². The molecule has 1 atom stereocenters. The SMILES string of the molecule is CCNC(=NCCc1ccco1)NC(C)c1ccccc1Br.I. The van der Waals surface area contributed by atoms with Crippen LogP contribution in [0.25, 0.3) is 0 Å². The molecule has 1 unspecified atom stereocenters. The molecule has 4 nitrogen and oxygen atoms in total. The van der Waals surface area contributed by atoms with E-state index >= 15 is 0 Å². The molecule has 6 heteroatoms. The number of rotatable bonds is 6. The molecule has 1 heterocycles. The van der Waals surface area contributed by atoms with Gasteiger partial charge < -0.3 is 15.1 Å². The van der Waals surface area contributed by atoms with Crippen molar-refractivity contribution in [2.45, 2.75) is 26.3 Å². The molecule has 0 aliphatic rings. The maximum Gasteiger partial charge on any atom is 0.191 e. The third-order valence-electron chi connectivity index (χ3n) is 3.28. The van der Waals surface area contributed by atoms with Crippen molar-refractivity contribution in [2.24, 2.45) is 4.99 Å². The smallest absolute Gasteiger partial charge is 0.191 e. The van der Waals surface area contributed by atoms with Crippen LogP contribution in [0.3, 0.4) is 0 Å². The maximum absolute atomic E-state index is 5.33. The minimum absolute atomic E-state index is 0. The van der Waals surface area contributed by atoms with Crippen molar-refractivity contribution in [1.82, 2.24) is 10.6 Å². The van der Waals surface area contributed by atoms with Gasteiger partial charge in [0.1, 0.15) is 5.76 Å². The van der Waals surface area contributed by atoms with Crippen LogP contribution in [0.1, 0.15) is 31.2 Å². The molecule has 0 spiro atoms. The standard InChI is InChI=1S/C17H22BrN3O.HI/c1-3-19-17(20-11-10-14-7-6-12-22-14)21-13(2)15-8-4-5-9-16(15)18;/h4-9,12-13H,3,10-11H2,1-2H3,(H2,19,20,21);1H. The summed E-state index contributed by atoms with van der Waals surface area (Å²) in [4.78, 5) is 4.60. The Morgan fingerprint density at radius 2 is 2.04 bits per heavy atom. The first-order valence-electron chi connectivity index (χ1n) is 7.52. The lowest BCUT2D eigenvalue weighted by Gasteiger charge is -2.19. The summed E-state index contributed by atoms with van der Waals surface area (Å²) >= 11 is 3.59. The van der Waals surface area contributed by atoms with Crippen molar-refractivity contribution in [3.05, 3.63) is 58.5 Å². The molecule has 0 bridgehead atoms. The number of guanidine groups is 1. The lowest BCUT2D eigenvalue weighted by atomic mass is 10.1. The molecule has 0 aliphatic carbocycles. The largest absolute Gasteiger partial charge is 0.469 e. The third-order valence-corrected chi connectivity index (χ3v) is 4.00. The molecule has 0 fully saturated rings. The first kappa shape index (κ1) is 20.0. The van der Waals surface area contributed by atoms with E-state index in [9.17, 15) is 0 Å². The molecule has 0 saturated heterocycles. The molecule has 23 heavy (non-hydrogen) atoms. The van der Waals surface area contributed by atoms with Crippen LogP contribution in [-0.4, -0.2) is 19.0 Å². The quantitative estimate of drug-likeness (QED) is 0.355. The second kappa shape index (κ2) is 10.7. The minimum Gasteiger partial charge on any atom is -0.469 e. The van der Waals surface area contributed by atoms with Crippen molar-refractivity contribution in [1.29, 1.82) is 0 Å². The molecule has 0 amide bonds. The number of nitrogens with one attached hydrogen (secondary N) is 2. The predicted molar refractivity (Wildman–Crippen MR) is 109 cm³/mol. The van der Waals surface area contributed by atoms with E-state index in [2.05, 4.69) is 57.5 Å². The van der Waals surface area contributed by atoms with E-state index in [1.54, 1.807) is 6.26 Å². The molecule has 0 radical (unpaired) electrons. The van der Waals surface area contributed by atoms with Crippen molar-refractivity contribution >= 4 is 45.9 Å². The number of halogens is 2. The maximum atomic E-state index is 5.33. The molecular formula is C17H23BrIN3O. The second-order valence-electron chi connectivity index (χ2n) is 4.98. The summed E-state index contributed by atoms with van der Waals surface area (Å²) in [6.45, 7) is 5.70. The van der Waals surface area contributed by atoms with Crippen molar-refractivity contribution in [3.63, 3.8) is 0 Å². The highest BCUT2D eigenvalue weighted by Crippen LogP contribution is 2.22. The highest BCUT2D eigenvalue weighted by molar-refractivity contribution is 14.0. The van der Waals surface area contributed by atoms with Gasteiger partial charge in [0.05, 0.1) is 12.3 Å². The van der Waals surface area contributed by atoms with Crippen LogP contribution in [-0.2, 0) is 6.42 Å². The van der Waals surface area contributed by atoms with Gasteiger partial charge in [-0.3, -0.25) is 4.99 Å². The van der Waals surface area contributed by atoms with E-state index in [1.165, 1.54) is 5.56 Å². The van der Waals surface area contributed by atoms with Gasteiger partial charge in [-0.05, 0) is 37.6 Å². The lowest BCUT2D eigenvalue weighted by Crippen LogP contribution is -2.39. The number of aliphatic imine (C=N–C) groups is 1. The first-order valence-corrected chi connectivity index (χ1v) is 8.31. The fourth-order valence-corrected chi connectivity index (χ4v) is 2.79. The summed E-state index contributed by atoms with van der Waals surface area (Å²) in [5, 5.41) is 6.71. The highest BCUT2D eigenvalue weighted by atomic mass is 127. The number of hydrogen-bond donors (Lipinski definition) is 2. The van der Waals surface area contributed by atoms with Gasteiger partial charge in [0.25, 0.3) is 0 Å². The van der Waals surface area contributed by atoms with Crippen LogP contribution in [0.2, 0.25) is 0 Å². The van der Waals surface area contributed by atoms with Gasteiger partial charge in [-0.1, -0.05) is 34.1 Å². The molecule has 1 aromatic carbocycles. The number of nitrogens with zero attached hydrogens (tertiary/aromatic N) is 1. The Kier molecular flexibility index (Phi) is 9.31. The summed E-state index contributed by atoms with van der Waals surface area (Å²) < 4.78 is 6.42. The zero-order chi connectivity index (χ0) is 15.8. The topological polar surface area (TPSA) is 49.6 Å². The molecule has 1 aromatic heterocycles. The summed E-state index contributed by atoms with van der Waals surface area (Å²) in [5.74, 6) is 1.77. The summed E-state index contributed by atoms with van der Waals surface area (Å²) in [6.07, 6.45) is 2.49. The van der Waals surface area contributed by atoms with Gasteiger partial charge in [0, 0.05) is 24.0 Å². The van der Waals surface area contributed by atoms with E-state index in [0.29, 0.717) is 6.54 Å². The van der Waals surface area contributed by atoms with Gasteiger partial charge in [0.2, 0.25) is 0 Å². The molecular weight excluding hydrogens is 469 g/mol. The molecule has 0 saturated carbocycles. The Hall–Kier alpha value is -1.02. The average molecular weight is 492 g/mol. The van der Waals surface area contributed by atoms with Gasteiger partial charge in [-0.2, -0.15) is 0 Å². The van der Waals surface area contributed by atoms with E-state index in [4.69, 9.17) is 4.42 Å². The lowest BCUT2D eigenvalue weighted by molar-refractivity contribution is 0.510. The number of benzene rings is 1. The molecule has 2 rings (SSSR count). The Labute approximate surface area is 163 Å². The Morgan fingerprint density at radius 1 is 1.26 bits per heavy atom. The fourth-order valence-electron chi connectivity index (χ4n) is 2.16. The van der Waals surface area contributed by atoms with Crippen molar-refractivity contribution in [3.8, 4) is 0 Å². The van der Waals surface area contributed by atoms with Gasteiger partial charge >= 0.3 is 0 Å². The van der Waals surface area contributed by atoms with Crippen LogP contribution in [0.15, 0.2) is 56.5 Å². The molecule has 2 N–H and O–H groups in total. The van der Waals surface area contributed by atoms with Crippen molar-refractivity contribution in [2.75, 3.05) is 13.1 Å². The Morgan fingerprint density at radius 3 is 2.70 bits per heavy atom. The minimum atomic E-state index is 0. The van der Waals surface area contributed by atoms with E-state index in [0.717, 1.165) is 29.2 Å². The second-order valence-corrected chi connectivity index (χ2v) is 5.83. The Balaban J connectivity index is 0.00000264. The normalized spacial score (nSPS) is 12.4. The first-order chi connectivity index (χ1) is 10.7. The van der Waals surface area contributed by atoms with Crippen molar-refractivity contribution < 1.29 is 4.42 Å². The third kappa shape index (κ3) is 6.55. The Bertz CT molecular complexity index is 602. The highest BCUT2D eigenvalue weighted by Gasteiger charge is 2.10. The number of furan rings is 1.